The van der Waals surface area contributed by atoms with Gasteiger partial charge in [0.15, 0.2) is 6.29 Å². The fraction of sp³-hybridized carbons (Fsp3) is 0.300. The van der Waals surface area contributed by atoms with Crippen LogP contribution in [0.15, 0.2) is 35.4 Å². The highest BCUT2D eigenvalue weighted by atomic mass is 16.7. The summed E-state index contributed by atoms with van der Waals surface area (Å²) in [7, 11) is 0. The molecule has 0 unspecified atom stereocenters. The van der Waals surface area contributed by atoms with Gasteiger partial charge in [-0.05, 0) is 12.1 Å². The number of benzene rings is 1. The molecule has 1 aromatic carbocycles. The highest BCUT2D eigenvalue weighted by Crippen LogP contribution is 2.05. The molecule has 1 aliphatic rings. The second kappa shape index (κ2) is 4.74. The summed E-state index contributed by atoms with van der Waals surface area (Å²) < 4.78 is 10.4. The van der Waals surface area contributed by atoms with Crippen LogP contribution < -0.4 is 5.43 Å². The quantitative estimate of drug-likeness (QED) is 0.582. The standard InChI is InChI=1S/C10H12N2O2/c1-2-4-9(5-3-1)12-11-8-10-13-6-7-14-10/h1-5,8,10,12H,6-7H2/b11-8+. The number of nitrogens with zero attached hydrogens (tertiary/aromatic N) is 1. The van der Waals surface area contributed by atoms with E-state index in [2.05, 4.69) is 10.5 Å². The molecule has 14 heavy (non-hydrogen) atoms. The van der Waals surface area contributed by atoms with E-state index >= 15 is 0 Å². The van der Waals surface area contributed by atoms with Crippen LogP contribution in [0, 0.1) is 0 Å². The van der Waals surface area contributed by atoms with Crippen molar-refractivity contribution in [3.8, 4) is 0 Å². The summed E-state index contributed by atoms with van der Waals surface area (Å²) in [5.74, 6) is 0. The maximum absolute atomic E-state index is 5.18. The molecule has 1 aliphatic heterocycles. The third-order valence-corrected chi connectivity index (χ3v) is 1.81. The average molecular weight is 192 g/mol. The Balaban J connectivity index is 1.81. The normalized spacial score (nSPS) is 17.7. The molecule has 0 spiro atoms. The molecule has 1 N–H and O–H groups in total. The van der Waals surface area contributed by atoms with Gasteiger partial charge in [0.2, 0.25) is 0 Å². The minimum Gasteiger partial charge on any atom is -0.345 e. The van der Waals surface area contributed by atoms with Crippen LogP contribution in [0.4, 0.5) is 5.69 Å². The summed E-state index contributed by atoms with van der Waals surface area (Å²) >= 11 is 0. The molecule has 4 heteroatoms. The van der Waals surface area contributed by atoms with Crippen molar-refractivity contribution in [2.45, 2.75) is 6.29 Å². The van der Waals surface area contributed by atoms with E-state index in [0.29, 0.717) is 13.2 Å². The highest BCUT2D eigenvalue weighted by molar-refractivity contribution is 5.63. The van der Waals surface area contributed by atoms with E-state index in [1.54, 1.807) is 6.21 Å². The zero-order valence-electron chi connectivity index (χ0n) is 7.72. The summed E-state index contributed by atoms with van der Waals surface area (Å²) in [5, 5.41) is 4.00. The minimum absolute atomic E-state index is 0.300. The van der Waals surface area contributed by atoms with Gasteiger partial charge in [-0.1, -0.05) is 18.2 Å². The molecular formula is C10H12N2O2. The third-order valence-electron chi connectivity index (χ3n) is 1.81. The second-order valence-corrected chi connectivity index (χ2v) is 2.87. The smallest absolute Gasteiger partial charge is 0.195 e. The predicted octanol–water partition coefficient (Wildman–Crippen LogP) is 1.46. The number of nitrogens with one attached hydrogen (secondary N) is 1. The van der Waals surface area contributed by atoms with E-state index in [4.69, 9.17) is 9.47 Å². The van der Waals surface area contributed by atoms with Crippen LogP contribution in [0.1, 0.15) is 0 Å². The Bertz CT molecular complexity index is 294. The fourth-order valence-electron chi connectivity index (χ4n) is 1.15. The molecule has 0 saturated carbocycles. The Kier molecular flexibility index (Phi) is 3.10. The molecule has 0 aromatic heterocycles. The molecule has 2 rings (SSSR count). The van der Waals surface area contributed by atoms with Crippen LogP contribution in [0.5, 0.6) is 0 Å². The number of hydrogen-bond donors (Lipinski definition) is 1. The summed E-state index contributed by atoms with van der Waals surface area (Å²) in [6.07, 6.45) is 1.31. The molecule has 4 nitrogen and oxygen atoms in total. The van der Waals surface area contributed by atoms with Crippen molar-refractivity contribution < 1.29 is 9.47 Å². The first kappa shape index (κ1) is 9.18. The van der Waals surface area contributed by atoms with E-state index in [0.717, 1.165) is 5.69 Å². The summed E-state index contributed by atoms with van der Waals surface area (Å²) in [6.45, 7) is 1.28. The van der Waals surface area contributed by atoms with E-state index < -0.39 is 0 Å². The first-order valence-electron chi connectivity index (χ1n) is 4.52. The van der Waals surface area contributed by atoms with Gasteiger partial charge in [0.05, 0.1) is 25.1 Å². The number of ether oxygens (including phenoxy) is 2. The van der Waals surface area contributed by atoms with Gasteiger partial charge in [-0.2, -0.15) is 5.10 Å². The highest BCUT2D eigenvalue weighted by Gasteiger charge is 2.12. The van der Waals surface area contributed by atoms with E-state index in [-0.39, 0.29) is 6.29 Å². The first-order valence-corrected chi connectivity index (χ1v) is 4.52. The van der Waals surface area contributed by atoms with E-state index in [1.165, 1.54) is 0 Å². The van der Waals surface area contributed by atoms with Gasteiger partial charge in [0.1, 0.15) is 0 Å². The van der Waals surface area contributed by atoms with Gasteiger partial charge in [-0.15, -0.1) is 0 Å². The molecular weight excluding hydrogens is 180 g/mol. The molecule has 0 amide bonds. The molecule has 0 bridgehead atoms. The molecule has 1 aromatic rings. The molecule has 74 valence electrons. The zero-order chi connectivity index (χ0) is 9.64. The Hall–Kier alpha value is -1.39. The van der Waals surface area contributed by atoms with Crippen molar-refractivity contribution in [3.63, 3.8) is 0 Å². The lowest BCUT2D eigenvalue weighted by molar-refractivity contribution is 0.0188. The maximum atomic E-state index is 5.18. The van der Waals surface area contributed by atoms with Gasteiger partial charge in [-0.25, -0.2) is 0 Å². The maximum Gasteiger partial charge on any atom is 0.195 e. The monoisotopic (exact) mass is 192 g/mol. The molecule has 0 atom stereocenters. The number of hydrazone groups is 1. The lowest BCUT2D eigenvalue weighted by Crippen LogP contribution is -2.09. The van der Waals surface area contributed by atoms with Gasteiger partial charge in [-0.3, -0.25) is 5.43 Å². The van der Waals surface area contributed by atoms with Crippen LogP contribution in [0.25, 0.3) is 0 Å². The second-order valence-electron chi connectivity index (χ2n) is 2.87. The van der Waals surface area contributed by atoms with Crippen LogP contribution in [0.3, 0.4) is 0 Å². The number of rotatable bonds is 3. The van der Waals surface area contributed by atoms with Crippen LogP contribution in [-0.2, 0) is 9.47 Å². The number of para-hydroxylation sites is 1. The lowest BCUT2D eigenvalue weighted by Gasteiger charge is -2.02. The third kappa shape index (κ3) is 2.55. The van der Waals surface area contributed by atoms with Gasteiger partial charge >= 0.3 is 0 Å². The summed E-state index contributed by atoms with van der Waals surface area (Å²) in [5.41, 5.74) is 3.83. The van der Waals surface area contributed by atoms with Crippen molar-refractivity contribution in [1.82, 2.24) is 0 Å². The fourth-order valence-corrected chi connectivity index (χ4v) is 1.15. The van der Waals surface area contributed by atoms with Gasteiger partial charge in [0, 0.05) is 0 Å². The van der Waals surface area contributed by atoms with Crippen molar-refractivity contribution in [3.05, 3.63) is 30.3 Å². The molecule has 0 radical (unpaired) electrons. The predicted molar refractivity (Wildman–Crippen MR) is 54.2 cm³/mol. The average Bonchev–Trinajstić information content (AvgIpc) is 2.72. The Morgan fingerprint density at radius 1 is 1.21 bits per heavy atom. The molecule has 1 saturated heterocycles. The van der Waals surface area contributed by atoms with Gasteiger partial charge in [0.25, 0.3) is 0 Å². The lowest BCUT2D eigenvalue weighted by atomic mass is 10.3. The Morgan fingerprint density at radius 3 is 2.64 bits per heavy atom. The molecule has 1 fully saturated rings. The van der Waals surface area contributed by atoms with Crippen molar-refractivity contribution >= 4 is 11.9 Å². The minimum atomic E-state index is -0.300. The van der Waals surface area contributed by atoms with E-state index in [1.807, 2.05) is 30.3 Å². The summed E-state index contributed by atoms with van der Waals surface area (Å²) in [4.78, 5) is 0. The SMILES string of the molecule is C(=N\Nc1ccccc1)/C1OCCO1. The largest absolute Gasteiger partial charge is 0.345 e. The summed E-state index contributed by atoms with van der Waals surface area (Å²) in [6, 6.07) is 9.72. The van der Waals surface area contributed by atoms with Crippen molar-refractivity contribution in [1.29, 1.82) is 0 Å². The van der Waals surface area contributed by atoms with Gasteiger partial charge < -0.3 is 9.47 Å². The Morgan fingerprint density at radius 2 is 1.93 bits per heavy atom. The molecule has 0 aliphatic carbocycles. The Labute approximate surface area is 82.5 Å². The van der Waals surface area contributed by atoms with Crippen LogP contribution in [0.2, 0.25) is 0 Å². The number of anilines is 1. The topological polar surface area (TPSA) is 42.9 Å². The molecule has 1 heterocycles. The van der Waals surface area contributed by atoms with E-state index in [9.17, 15) is 0 Å². The first-order chi connectivity index (χ1) is 6.95. The van der Waals surface area contributed by atoms with Crippen molar-refractivity contribution in [2.75, 3.05) is 18.6 Å². The zero-order valence-corrected chi connectivity index (χ0v) is 7.72. The van der Waals surface area contributed by atoms with Crippen LogP contribution >= 0.6 is 0 Å². The number of hydrogen-bond acceptors (Lipinski definition) is 4. The van der Waals surface area contributed by atoms with Crippen LogP contribution in [-0.4, -0.2) is 25.7 Å². The van der Waals surface area contributed by atoms with Crippen molar-refractivity contribution in [2.24, 2.45) is 5.10 Å².